The summed E-state index contributed by atoms with van der Waals surface area (Å²) in [5.74, 6) is -0.293. The van der Waals surface area contributed by atoms with Crippen LogP contribution in [-0.4, -0.2) is 47.5 Å². The van der Waals surface area contributed by atoms with Gasteiger partial charge in [-0.1, -0.05) is 65.2 Å². The average molecular weight is 518 g/mol. The van der Waals surface area contributed by atoms with Gasteiger partial charge in [0.1, 0.15) is 17.7 Å². The zero-order valence-corrected chi connectivity index (χ0v) is 24.7. The van der Waals surface area contributed by atoms with Crippen molar-refractivity contribution in [3.63, 3.8) is 0 Å². The first-order valence-electron chi connectivity index (χ1n) is 14.0. The lowest BCUT2D eigenvalue weighted by atomic mass is 9.94. The molecule has 1 aromatic rings. The number of nitrogens with one attached hydrogen (secondary N) is 2. The Morgan fingerprint density at radius 2 is 1.65 bits per heavy atom. The summed E-state index contributed by atoms with van der Waals surface area (Å²) in [5, 5.41) is 5.88. The monoisotopic (exact) mass is 517 g/mol. The van der Waals surface area contributed by atoms with Gasteiger partial charge in [-0.2, -0.15) is 0 Å². The molecular formula is C30H51N3O4. The number of benzene rings is 1. The van der Waals surface area contributed by atoms with Crippen molar-refractivity contribution in [3.8, 4) is 0 Å². The van der Waals surface area contributed by atoms with Gasteiger partial charge in [0, 0.05) is 13.1 Å². The number of hydrogen-bond donors (Lipinski definition) is 2. The number of amides is 3. The van der Waals surface area contributed by atoms with Gasteiger partial charge in [0.25, 0.3) is 0 Å². The fraction of sp³-hybridized carbons (Fsp3) is 0.700. The second-order valence-corrected chi connectivity index (χ2v) is 11.4. The number of aryl methyl sites for hydroxylation is 1. The van der Waals surface area contributed by atoms with Crippen molar-refractivity contribution >= 4 is 17.9 Å². The van der Waals surface area contributed by atoms with Crippen LogP contribution in [0, 0.1) is 19.8 Å². The Kier molecular flexibility index (Phi) is 13.7. The van der Waals surface area contributed by atoms with Crippen molar-refractivity contribution in [2.24, 2.45) is 5.92 Å². The van der Waals surface area contributed by atoms with E-state index < -0.39 is 23.8 Å². The molecule has 0 heterocycles. The summed E-state index contributed by atoms with van der Waals surface area (Å²) in [6.07, 6.45) is 4.34. The SMILES string of the molecule is CCCCCN(C(=O)C(CC(C)C)NC(=O)OC(C)(C)C)C(C(=O)NCCCC)c1cccc(C)c1C. The maximum absolute atomic E-state index is 14.2. The van der Waals surface area contributed by atoms with E-state index in [1.807, 2.05) is 45.9 Å². The second-order valence-electron chi connectivity index (χ2n) is 11.4. The summed E-state index contributed by atoms with van der Waals surface area (Å²) in [6, 6.07) is 4.30. The molecule has 0 radical (unpaired) electrons. The molecule has 7 nitrogen and oxygen atoms in total. The van der Waals surface area contributed by atoms with Crippen LogP contribution in [0.5, 0.6) is 0 Å². The van der Waals surface area contributed by atoms with Crippen molar-refractivity contribution in [2.45, 2.75) is 119 Å². The largest absolute Gasteiger partial charge is 0.444 e. The summed E-state index contributed by atoms with van der Waals surface area (Å²) in [6.45, 7) is 18.6. The average Bonchev–Trinajstić information content (AvgIpc) is 2.78. The molecule has 0 fully saturated rings. The molecule has 2 unspecified atom stereocenters. The molecule has 210 valence electrons. The molecule has 1 aromatic carbocycles. The van der Waals surface area contributed by atoms with Gasteiger partial charge >= 0.3 is 6.09 Å². The van der Waals surface area contributed by atoms with Crippen LogP contribution in [-0.2, 0) is 14.3 Å². The number of carbonyl (C=O) groups excluding carboxylic acids is 3. The Balaban J connectivity index is 3.52. The maximum atomic E-state index is 14.2. The molecule has 37 heavy (non-hydrogen) atoms. The third kappa shape index (κ3) is 11.1. The first-order valence-corrected chi connectivity index (χ1v) is 14.0. The fourth-order valence-electron chi connectivity index (χ4n) is 4.25. The van der Waals surface area contributed by atoms with Crippen LogP contribution in [0.1, 0.15) is 110 Å². The minimum absolute atomic E-state index is 0.152. The minimum Gasteiger partial charge on any atom is -0.444 e. The lowest BCUT2D eigenvalue weighted by Crippen LogP contribution is -2.53. The van der Waals surface area contributed by atoms with E-state index in [-0.39, 0.29) is 17.7 Å². The summed E-state index contributed by atoms with van der Waals surface area (Å²) in [5.41, 5.74) is 2.19. The molecule has 3 amide bonds. The molecule has 0 spiro atoms. The maximum Gasteiger partial charge on any atom is 0.408 e. The normalized spacial score (nSPS) is 13.1. The van der Waals surface area contributed by atoms with Gasteiger partial charge in [-0.05, 0) is 76.5 Å². The predicted molar refractivity (Wildman–Crippen MR) is 150 cm³/mol. The van der Waals surface area contributed by atoms with Crippen LogP contribution in [0.15, 0.2) is 18.2 Å². The quantitative estimate of drug-likeness (QED) is 0.287. The third-order valence-electron chi connectivity index (χ3n) is 6.31. The zero-order chi connectivity index (χ0) is 28.2. The van der Waals surface area contributed by atoms with E-state index in [0.717, 1.165) is 48.8 Å². The van der Waals surface area contributed by atoms with E-state index in [2.05, 4.69) is 24.5 Å². The van der Waals surface area contributed by atoms with Crippen LogP contribution in [0.2, 0.25) is 0 Å². The number of ether oxygens (including phenoxy) is 1. The second kappa shape index (κ2) is 15.6. The van der Waals surface area contributed by atoms with Crippen LogP contribution >= 0.6 is 0 Å². The molecule has 2 atom stereocenters. The number of alkyl carbamates (subject to hydrolysis) is 1. The lowest BCUT2D eigenvalue weighted by molar-refractivity contribution is -0.143. The molecule has 7 heteroatoms. The topological polar surface area (TPSA) is 87.7 Å². The van der Waals surface area contributed by atoms with E-state index in [1.165, 1.54) is 0 Å². The van der Waals surface area contributed by atoms with E-state index in [1.54, 1.807) is 25.7 Å². The van der Waals surface area contributed by atoms with E-state index in [4.69, 9.17) is 4.74 Å². The number of nitrogens with zero attached hydrogens (tertiary/aromatic N) is 1. The standard InChI is InChI=1S/C30H51N3O4/c1-10-12-14-19-33(28(35)25(20-21(3)4)32-29(36)37-30(7,8)9)26(27(34)31-18-13-11-2)24-17-15-16-22(5)23(24)6/h15-17,21,25-26H,10-14,18-20H2,1-9H3,(H,31,34)(H,32,36). The van der Waals surface area contributed by atoms with Gasteiger partial charge < -0.3 is 20.3 Å². The highest BCUT2D eigenvalue weighted by atomic mass is 16.6. The highest BCUT2D eigenvalue weighted by Crippen LogP contribution is 2.28. The summed E-state index contributed by atoms with van der Waals surface area (Å²) >= 11 is 0. The van der Waals surface area contributed by atoms with Gasteiger partial charge in [0.2, 0.25) is 11.8 Å². The molecule has 0 aromatic heterocycles. The Morgan fingerprint density at radius 3 is 2.22 bits per heavy atom. The van der Waals surface area contributed by atoms with Crippen molar-refractivity contribution in [1.82, 2.24) is 15.5 Å². The van der Waals surface area contributed by atoms with Crippen molar-refractivity contribution in [1.29, 1.82) is 0 Å². The Labute approximate surface area is 225 Å². The minimum atomic E-state index is -0.799. The number of unbranched alkanes of at least 4 members (excludes halogenated alkanes) is 3. The van der Waals surface area contributed by atoms with E-state index in [0.29, 0.717) is 19.5 Å². The number of hydrogen-bond acceptors (Lipinski definition) is 4. The summed E-state index contributed by atoms with van der Waals surface area (Å²) in [7, 11) is 0. The zero-order valence-electron chi connectivity index (χ0n) is 24.7. The molecule has 2 N–H and O–H groups in total. The van der Waals surface area contributed by atoms with Gasteiger partial charge in [-0.3, -0.25) is 9.59 Å². The molecule has 0 saturated carbocycles. The Hall–Kier alpha value is -2.57. The Morgan fingerprint density at radius 1 is 1.00 bits per heavy atom. The first kappa shape index (κ1) is 32.5. The molecule has 0 aliphatic carbocycles. The van der Waals surface area contributed by atoms with Gasteiger partial charge in [0.15, 0.2) is 0 Å². The fourth-order valence-corrected chi connectivity index (χ4v) is 4.25. The van der Waals surface area contributed by atoms with E-state index >= 15 is 0 Å². The third-order valence-corrected chi connectivity index (χ3v) is 6.31. The van der Waals surface area contributed by atoms with E-state index in [9.17, 15) is 14.4 Å². The van der Waals surface area contributed by atoms with Crippen molar-refractivity contribution < 1.29 is 19.1 Å². The lowest BCUT2D eigenvalue weighted by Gasteiger charge is -2.36. The van der Waals surface area contributed by atoms with Gasteiger partial charge in [-0.15, -0.1) is 0 Å². The smallest absolute Gasteiger partial charge is 0.408 e. The summed E-state index contributed by atoms with van der Waals surface area (Å²) in [4.78, 5) is 42.3. The molecule has 0 aliphatic heterocycles. The van der Waals surface area contributed by atoms with Crippen LogP contribution < -0.4 is 10.6 Å². The first-order chi connectivity index (χ1) is 17.3. The Bertz CT molecular complexity index is 876. The molecule has 0 saturated heterocycles. The van der Waals surface area contributed by atoms with Crippen molar-refractivity contribution in [2.75, 3.05) is 13.1 Å². The van der Waals surface area contributed by atoms with Crippen LogP contribution in [0.4, 0.5) is 4.79 Å². The molecule has 0 bridgehead atoms. The molecular weight excluding hydrogens is 466 g/mol. The molecule has 0 aliphatic rings. The highest BCUT2D eigenvalue weighted by Gasteiger charge is 2.37. The van der Waals surface area contributed by atoms with Gasteiger partial charge in [0.05, 0.1) is 0 Å². The van der Waals surface area contributed by atoms with Crippen LogP contribution in [0.25, 0.3) is 0 Å². The van der Waals surface area contributed by atoms with Gasteiger partial charge in [-0.25, -0.2) is 4.79 Å². The number of carbonyl (C=O) groups is 3. The van der Waals surface area contributed by atoms with Crippen molar-refractivity contribution in [3.05, 3.63) is 34.9 Å². The number of rotatable bonds is 14. The summed E-state index contributed by atoms with van der Waals surface area (Å²) < 4.78 is 5.47. The molecule has 1 rings (SSSR count). The van der Waals surface area contributed by atoms with Crippen LogP contribution in [0.3, 0.4) is 0 Å². The highest BCUT2D eigenvalue weighted by molar-refractivity contribution is 5.92. The predicted octanol–water partition coefficient (Wildman–Crippen LogP) is 6.22.